The molecule has 0 aliphatic heterocycles. The first-order chi connectivity index (χ1) is 15.2. The minimum atomic E-state index is -6.00. The molecule has 3 nitrogen and oxygen atoms in total. The van der Waals surface area contributed by atoms with Crippen molar-refractivity contribution < 1.29 is 21.5 Å². The van der Waals surface area contributed by atoms with Gasteiger partial charge in [0.15, 0.2) is 19.7 Å². The standard InChI is InChI=1S/C23H17N2OS.BF4/c24-16-20(17-25)23(19-10-4-1-5-11-19)18-27(26,21-12-6-2-7-13-21)22-14-8-3-9-15-22;2-1(3,4)5/h1-15H,18H2;/q+1;-1. The van der Waals surface area contributed by atoms with Gasteiger partial charge in [-0.25, -0.2) is 0 Å². The fourth-order valence-corrected chi connectivity index (χ4v) is 5.40. The second-order valence-corrected chi connectivity index (χ2v) is 8.97. The van der Waals surface area contributed by atoms with E-state index < -0.39 is 17.2 Å². The van der Waals surface area contributed by atoms with Crippen LogP contribution in [0.3, 0.4) is 0 Å². The maximum absolute atomic E-state index is 14.3. The molecule has 0 aliphatic carbocycles. The summed E-state index contributed by atoms with van der Waals surface area (Å²) < 4.78 is 53.3. The Morgan fingerprint density at radius 1 is 0.719 bits per heavy atom. The van der Waals surface area contributed by atoms with Gasteiger partial charge >= 0.3 is 7.25 Å². The van der Waals surface area contributed by atoms with Gasteiger partial charge in [0.25, 0.3) is 0 Å². The van der Waals surface area contributed by atoms with Gasteiger partial charge in [-0.3, -0.25) is 0 Å². The molecule has 0 saturated heterocycles. The molecule has 0 unspecified atom stereocenters. The first-order valence-electron chi connectivity index (χ1n) is 9.27. The van der Waals surface area contributed by atoms with Crippen LogP contribution in [0, 0.1) is 22.7 Å². The molecule has 3 aromatic rings. The molecule has 162 valence electrons. The summed E-state index contributed by atoms with van der Waals surface area (Å²) in [7, 11) is -8.72. The van der Waals surface area contributed by atoms with Crippen molar-refractivity contribution in [2.24, 2.45) is 0 Å². The predicted octanol–water partition coefficient (Wildman–Crippen LogP) is 6.41. The second-order valence-electron chi connectivity index (χ2n) is 6.38. The average molecular weight is 456 g/mol. The molecule has 0 aromatic heterocycles. The lowest BCUT2D eigenvalue weighted by molar-refractivity contribution is 0.368. The minimum absolute atomic E-state index is 0.0132. The quantitative estimate of drug-likeness (QED) is 0.193. The van der Waals surface area contributed by atoms with Crippen LogP contribution in [0.15, 0.2) is 106 Å². The van der Waals surface area contributed by atoms with Crippen LogP contribution in [-0.2, 0) is 14.1 Å². The lowest BCUT2D eigenvalue weighted by atomic mass is 10.0. The van der Waals surface area contributed by atoms with Crippen LogP contribution < -0.4 is 0 Å². The van der Waals surface area contributed by atoms with Gasteiger partial charge < -0.3 is 17.3 Å². The van der Waals surface area contributed by atoms with Crippen molar-refractivity contribution in [2.75, 3.05) is 5.75 Å². The monoisotopic (exact) mass is 456 g/mol. The number of nitrogens with zero attached hydrogens (tertiary/aromatic N) is 2. The summed E-state index contributed by atoms with van der Waals surface area (Å²) in [5, 5.41) is 18.9. The number of halogens is 4. The normalized spacial score (nSPS) is 10.7. The van der Waals surface area contributed by atoms with Crippen molar-refractivity contribution in [3.63, 3.8) is 0 Å². The minimum Gasteiger partial charge on any atom is -0.418 e. The van der Waals surface area contributed by atoms with E-state index in [-0.39, 0.29) is 11.3 Å². The highest BCUT2D eigenvalue weighted by Crippen LogP contribution is 2.34. The Balaban J connectivity index is 0.000000654. The molecular formula is C23H17BF4N2OS. The van der Waals surface area contributed by atoms with Crippen molar-refractivity contribution in [3.8, 4) is 12.1 Å². The van der Waals surface area contributed by atoms with Crippen LogP contribution in [0.5, 0.6) is 0 Å². The first-order valence-corrected chi connectivity index (χ1v) is 11.0. The van der Waals surface area contributed by atoms with E-state index in [2.05, 4.69) is 0 Å². The van der Waals surface area contributed by atoms with E-state index in [1.54, 1.807) is 0 Å². The van der Waals surface area contributed by atoms with E-state index in [1.165, 1.54) is 0 Å². The molecule has 0 aliphatic rings. The third-order valence-electron chi connectivity index (χ3n) is 4.24. The molecular weight excluding hydrogens is 439 g/mol. The van der Waals surface area contributed by atoms with E-state index in [0.717, 1.165) is 5.56 Å². The molecule has 0 spiro atoms. The molecule has 0 saturated carbocycles. The zero-order valence-electron chi connectivity index (χ0n) is 16.7. The van der Waals surface area contributed by atoms with Crippen molar-refractivity contribution in [1.29, 1.82) is 10.5 Å². The average Bonchev–Trinajstić information content (AvgIpc) is 2.80. The summed E-state index contributed by atoms with van der Waals surface area (Å²) in [5.41, 5.74) is 1.22. The van der Waals surface area contributed by atoms with Crippen molar-refractivity contribution >= 4 is 22.8 Å². The molecule has 0 N–H and O–H groups in total. The van der Waals surface area contributed by atoms with E-state index in [0.29, 0.717) is 15.4 Å². The Morgan fingerprint density at radius 2 is 1.06 bits per heavy atom. The summed E-state index contributed by atoms with van der Waals surface area (Å²) in [6, 6.07) is 31.6. The topological polar surface area (TPSA) is 64.7 Å². The number of hydrogen-bond donors (Lipinski definition) is 0. The van der Waals surface area contributed by atoms with Crippen LogP contribution in [0.2, 0.25) is 0 Å². The maximum Gasteiger partial charge on any atom is 0.673 e. The van der Waals surface area contributed by atoms with Gasteiger partial charge in [0, 0.05) is 5.57 Å². The summed E-state index contributed by atoms with van der Waals surface area (Å²) in [6.07, 6.45) is 0. The third-order valence-corrected chi connectivity index (χ3v) is 7.01. The van der Waals surface area contributed by atoms with Gasteiger partial charge in [0.2, 0.25) is 0 Å². The van der Waals surface area contributed by atoms with Gasteiger partial charge in [0.1, 0.15) is 23.5 Å². The number of hydrogen-bond acceptors (Lipinski definition) is 3. The van der Waals surface area contributed by atoms with Gasteiger partial charge in [-0.1, -0.05) is 70.9 Å². The molecule has 32 heavy (non-hydrogen) atoms. The molecule has 0 fully saturated rings. The first kappa shape index (κ1) is 24.6. The van der Waals surface area contributed by atoms with E-state index >= 15 is 0 Å². The van der Waals surface area contributed by atoms with Crippen molar-refractivity contribution in [2.45, 2.75) is 9.79 Å². The lowest BCUT2D eigenvalue weighted by Crippen LogP contribution is -2.19. The largest absolute Gasteiger partial charge is 0.673 e. The van der Waals surface area contributed by atoms with Gasteiger partial charge in [-0.15, -0.1) is 0 Å². The summed E-state index contributed by atoms with van der Waals surface area (Å²) >= 11 is 0. The van der Waals surface area contributed by atoms with Crippen LogP contribution in [0.25, 0.3) is 5.57 Å². The summed E-state index contributed by atoms with van der Waals surface area (Å²) in [6.45, 7) is 0. The Bertz CT molecular complexity index is 1120. The number of benzene rings is 3. The number of rotatable bonds is 5. The molecule has 0 bridgehead atoms. The van der Waals surface area contributed by atoms with E-state index in [1.807, 2.05) is 103 Å². The Hall–Kier alpha value is -3.69. The molecule has 3 aromatic carbocycles. The second kappa shape index (κ2) is 11.1. The number of allylic oxidation sites excluding steroid dienone is 1. The summed E-state index contributed by atoms with van der Waals surface area (Å²) in [5.74, 6) is 0.0848. The van der Waals surface area contributed by atoms with Crippen LogP contribution >= 0.6 is 0 Å². The van der Waals surface area contributed by atoms with Crippen molar-refractivity contribution in [3.05, 3.63) is 102 Å². The smallest absolute Gasteiger partial charge is 0.418 e. The predicted molar refractivity (Wildman–Crippen MR) is 117 cm³/mol. The summed E-state index contributed by atoms with van der Waals surface area (Å²) in [4.78, 5) is 1.36. The van der Waals surface area contributed by atoms with Crippen LogP contribution in [-0.4, -0.2) is 13.0 Å². The fourth-order valence-electron chi connectivity index (χ4n) is 2.89. The fraction of sp³-hybridized carbons (Fsp3) is 0.0435. The zero-order valence-corrected chi connectivity index (χ0v) is 17.5. The SMILES string of the molecule is F[B-](F)(F)F.N#CC(C#N)=C(C[S+](=O)(c1ccccc1)c1ccccc1)c1ccccc1. The Morgan fingerprint density at radius 3 is 1.41 bits per heavy atom. The van der Waals surface area contributed by atoms with Crippen LogP contribution in [0.1, 0.15) is 5.56 Å². The van der Waals surface area contributed by atoms with E-state index in [4.69, 9.17) is 0 Å². The van der Waals surface area contributed by atoms with Crippen LogP contribution in [0.4, 0.5) is 17.3 Å². The Kier molecular flexibility index (Phi) is 8.51. The van der Waals surface area contributed by atoms with Gasteiger partial charge in [-0.05, 0) is 29.8 Å². The number of nitriles is 2. The lowest BCUT2D eigenvalue weighted by Gasteiger charge is -2.15. The molecule has 3 rings (SSSR count). The highest BCUT2D eigenvalue weighted by atomic mass is 32.2. The zero-order chi connectivity index (χ0) is 23.6. The maximum atomic E-state index is 14.3. The third kappa shape index (κ3) is 6.93. The molecule has 0 amide bonds. The molecule has 9 heteroatoms. The Labute approximate surface area is 184 Å². The van der Waals surface area contributed by atoms with Crippen molar-refractivity contribution in [1.82, 2.24) is 0 Å². The molecule has 0 radical (unpaired) electrons. The highest BCUT2D eigenvalue weighted by molar-refractivity contribution is 8.03. The molecule has 0 heterocycles. The van der Waals surface area contributed by atoms with E-state index in [9.17, 15) is 32.0 Å². The van der Waals surface area contributed by atoms with Gasteiger partial charge in [0.05, 0.1) is 0 Å². The van der Waals surface area contributed by atoms with Gasteiger partial charge in [-0.2, -0.15) is 10.5 Å². The highest BCUT2D eigenvalue weighted by Gasteiger charge is 2.37. The molecule has 0 atom stereocenters.